The molecular formula is C41H31BrClNO6. The van der Waals surface area contributed by atoms with Crippen LogP contribution in [0.4, 0.5) is 5.69 Å². The van der Waals surface area contributed by atoms with Gasteiger partial charge in [0.1, 0.15) is 0 Å². The van der Waals surface area contributed by atoms with Crippen molar-refractivity contribution >= 4 is 62.2 Å². The number of ether oxygens (including phenoxy) is 1. The van der Waals surface area contributed by atoms with Gasteiger partial charge in [-0.2, -0.15) is 0 Å². The number of nitrogens with zero attached hydrogens (tertiary/aromatic N) is 1. The second-order valence-electron chi connectivity index (χ2n) is 13.3. The molecule has 1 saturated carbocycles. The number of amides is 2. The Hall–Kier alpha value is -4.79. The van der Waals surface area contributed by atoms with E-state index >= 15 is 9.59 Å². The average molecular weight is 749 g/mol. The Morgan fingerprint density at radius 2 is 1.56 bits per heavy atom. The number of allylic oxidation sites excluding steroid dienone is 4. The minimum Gasteiger partial charge on any atom is -0.503 e. The van der Waals surface area contributed by atoms with Crippen molar-refractivity contribution in [1.29, 1.82) is 0 Å². The lowest BCUT2D eigenvalue weighted by molar-refractivity contribution is -0.135. The van der Waals surface area contributed by atoms with E-state index in [1.165, 1.54) is 18.1 Å². The predicted molar refractivity (Wildman–Crippen MR) is 193 cm³/mol. The Morgan fingerprint density at radius 3 is 2.24 bits per heavy atom. The molecule has 4 aromatic rings. The first-order chi connectivity index (χ1) is 24.2. The lowest BCUT2D eigenvalue weighted by Gasteiger charge is -2.55. The number of phenols is 1. The summed E-state index contributed by atoms with van der Waals surface area (Å²) in [5.74, 6) is -4.76. The average Bonchev–Trinajstić information content (AvgIpc) is 3.40. The van der Waals surface area contributed by atoms with Gasteiger partial charge in [-0.1, -0.05) is 99.8 Å². The number of halogens is 2. The van der Waals surface area contributed by atoms with Gasteiger partial charge in [0.15, 0.2) is 23.1 Å². The third kappa shape index (κ3) is 4.68. The number of anilines is 1. The van der Waals surface area contributed by atoms with E-state index < -0.39 is 35.0 Å². The molecule has 9 heteroatoms. The standard InChI is InChI=1S/C41H31BrClNO6/c1-50-33-19-23(18-32(43)38(33)47)36-27-16-17-28-35(40(49)44(39(28)48)26-14-12-25(42)13-15-26)30(27)20-31-37(46)29(22-8-4-2-5-9-22)21-34(45)41(31,36)24-10-6-3-7-11-24/h2-16,18-19,21,28,30-31,35-36,47H,17,20H2,1H3/t28-,30+,31-,35-,36-,41-/m0/s1. The SMILES string of the molecule is COc1cc([C@H]2C3=CC[C@@H]4C(=O)N(c5ccc(Br)cc5)C(=O)[C@@H]4[C@@H]3C[C@H]3C(=O)C(c4ccccc4)=CC(=O)[C@@]23c2ccccc2)cc(Cl)c1O. The summed E-state index contributed by atoms with van der Waals surface area (Å²) in [6.45, 7) is 0. The molecule has 1 heterocycles. The summed E-state index contributed by atoms with van der Waals surface area (Å²) in [5.41, 5.74) is 2.03. The topological polar surface area (TPSA) is 101 Å². The Kier molecular flexibility index (Phi) is 7.92. The van der Waals surface area contributed by atoms with Gasteiger partial charge in [0.05, 0.1) is 35.1 Å². The molecule has 8 rings (SSSR count). The van der Waals surface area contributed by atoms with Crippen molar-refractivity contribution < 1.29 is 29.0 Å². The molecule has 0 aromatic heterocycles. The van der Waals surface area contributed by atoms with Crippen LogP contribution in [0.3, 0.4) is 0 Å². The summed E-state index contributed by atoms with van der Waals surface area (Å²) in [5, 5.41) is 10.8. The van der Waals surface area contributed by atoms with Gasteiger partial charge in [0.2, 0.25) is 11.8 Å². The molecule has 0 bridgehead atoms. The van der Waals surface area contributed by atoms with Gasteiger partial charge in [0, 0.05) is 21.9 Å². The van der Waals surface area contributed by atoms with Gasteiger partial charge in [0.25, 0.3) is 0 Å². The largest absolute Gasteiger partial charge is 0.503 e. The summed E-state index contributed by atoms with van der Waals surface area (Å²) in [6, 6.07) is 28.8. The number of hydrogen-bond acceptors (Lipinski definition) is 6. The van der Waals surface area contributed by atoms with Gasteiger partial charge >= 0.3 is 0 Å². The highest BCUT2D eigenvalue weighted by molar-refractivity contribution is 9.10. The minimum absolute atomic E-state index is 0.0270. The number of rotatable bonds is 5. The van der Waals surface area contributed by atoms with Crippen molar-refractivity contribution in [2.24, 2.45) is 23.7 Å². The lowest BCUT2D eigenvalue weighted by Crippen LogP contribution is -2.58. The first kappa shape index (κ1) is 32.4. The van der Waals surface area contributed by atoms with Crippen molar-refractivity contribution in [3.05, 3.63) is 141 Å². The number of hydrogen-bond donors (Lipinski definition) is 1. The van der Waals surface area contributed by atoms with Gasteiger partial charge < -0.3 is 9.84 Å². The van der Waals surface area contributed by atoms with Crippen LogP contribution in [0.5, 0.6) is 11.5 Å². The molecule has 7 nitrogen and oxygen atoms in total. The summed E-state index contributed by atoms with van der Waals surface area (Å²) in [7, 11) is 1.42. The molecule has 4 aromatic carbocycles. The molecule has 6 atom stereocenters. The predicted octanol–water partition coefficient (Wildman–Crippen LogP) is 7.85. The zero-order chi connectivity index (χ0) is 34.9. The first-order valence-electron chi connectivity index (χ1n) is 16.5. The third-order valence-electron chi connectivity index (χ3n) is 11.1. The Bertz CT molecular complexity index is 2150. The molecule has 1 aliphatic heterocycles. The molecule has 0 spiro atoms. The monoisotopic (exact) mass is 747 g/mol. The van der Waals surface area contributed by atoms with E-state index in [9.17, 15) is 14.7 Å². The molecule has 2 amide bonds. The van der Waals surface area contributed by atoms with Gasteiger partial charge in [-0.15, -0.1) is 0 Å². The van der Waals surface area contributed by atoms with Gasteiger partial charge in [-0.3, -0.25) is 24.1 Å². The maximum Gasteiger partial charge on any atom is 0.238 e. The second-order valence-corrected chi connectivity index (χ2v) is 14.7. The smallest absolute Gasteiger partial charge is 0.238 e. The van der Waals surface area contributed by atoms with Crippen molar-refractivity contribution in [1.82, 2.24) is 0 Å². The van der Waals surface area contributed by atoms with Crippen molar-refractivity contribution in [2.75, 3.05) is 12.0 Å². The van der Waals surface area contributed by atoms with Crippen LogP contribution in [0.2, 0.25) is 5.02 Å². The second kappa shape index (κ2) is 12.2. The molecular weight excluding hydrogens is 718 g/mol. The maximum absolute atomic E-state index is 15.2. The first-order valence-corrected chi connectivity index (χ1v) is 17.6. The van der Waals surface area contributed by atoms with Crippen LogP contribution in [0, 0.1) is 23.7 Å². The number of fused-ring (bicyclic) bond motifs is 4. The normalized spacial score (nSPS) is 27.3. The van der Waals surface area contributed by atoms with Gasteiger partial charge in [-0.25, -0.2) is 0 Å². The third-order valence-corrected chi connectivity index (χ3v) is 11.9. The fourth-order valence-corrected chi connectivity index (χ4v) is 9.49. The van der Waals surface area contributed by atoms with Crippen LogP contribution in [0.25, 0.3) is 5.57 Å². The molecule has 1 saturated heterocycles. The Labute approximate surface area is 302 Å². The molecule has 250 valence electrons. The number of methoxy groups -OCH3 is 1. The summed E-state index contributed by atoms with van der Waals surface area (Å²) < 4.78 is 6.36. The number of phenolic OH excluding ortho intramolecular Hbond substituents is 1. The van der Waals surface area contributed by atoms with E-state index in [0.717, 1.165) is 10.0 Å². The summed E-state index contributed by atoms with van der Waals surface area (Å²) in [6.07, 6.45) is 3.94. The van der Waals surface area contributed by atoms with E-state index in [2.05, 4.69) is 15.9 Å². The van der Waals surface area contributed by atoms with E-state index in [4.69, 9.17) is 16.3 Å². The Morgan fingerprint density at radius 1 is 0.880 bits per heavy atom. The van der Waals surface area contributed by atoms with Crippen molar-refractivity contribution in [2.45, 2.75) is 24.2 Å². The summed E-state index contributed by atoms with van der Waals surface area (Å²) >= 11 is 10.1. The number of ketones is 2. The number of carbonyl (C=O) groups is 4. The molecule has 2 fully saturated rings. The number of benzene rings is 4. The van der Waals surface area contributed by atoms with E-state index in [-0.39, 0.29) is 52.7 Å². The quantitative estimate of drug-likeness (QED) is 0.165. The van der Waals surface area contributed by atoms with E-state index in [0.29, 0.717) is 28.0 Å². The number of aromatic hydroxyl groups is 1. The molecule has 0 radical (unpaired) electrons. The fourth-order valence-electron chi connectivity index (χ4n) is 9.01. The molecule has 50 heavy (non-hydrogen) atoms. The zero-order valence-electron chi connectivity index (χ0n) is 26.9. The molecule has 1 N–H and O–H groups in total. The number of carbonyl (C=O) groups excluding carboxylic acids is 4. The van der Waals surface area contributed by atoms with E-state index in [1.54, 1.807) is 36.4 Å². The van der Waals surface area contributed by atoms with E-state index in [1.807, 2.05) is 66.7 Å². The maximum atomic E-state index is 15.2. The minimum atomic E-state index is -1.42. The van der Waals surface area contributed by atoms with Crippen molar-refractivity contribution in [3.63, 3.8) is 0 Å². The fraction of sp³-hybridized carbons (Fsp3) is 0.220. The van der Waals surface area contributed by atoms with Crippen LogP contribution in [0.1, 0.15) is 35.4 Å². The molecule has 4 aliphatic rings. The molecule has 3 aliphatic carbocycles. The highest BCUT2D eigenvalue weighted by atomic mass is 79.9. The van der Waals surface area contributed by atoms with Crippen LogP contribution in [0.15, 0.2) is 119 Å². The number of Topliss-reactive ketones (excluding diaryl/α,β-unsaturated/α-hetero) is 1. The van der Waals surface area contributed by atoms with Crippen LogP contribution in [-0.2, 0) is 24.6 Å². The van der Waals surface area contributed by atoms with Crippen molar-refractivity contribution in [3.8, 4) is 11.5 Å². The summed E-state index contributed by atoms with van der Waals surface area (Å²) in [4.78, 5) is 60.0. The molecule has 0 unspecified atom stereocenters. The highest BCUT2D eigenvalue weighted by Gasteiger charge is 2.66. The van der Waals surface area contributed by atoms with Crippen LogP contribution >= 0.6 is 27.5 Å². The lowest BCUT2D eigenvalue weighted by atomic mass is 9.44. The van der Waals surface area contributed by atoms with Crippen LogP contribution in [-0.4, -0.2) is 35.6 Å². The zero-order valence-corrected chi connectivity index (χ0v) is 29.2. The van der Waals surface area contributed by atoms with Crippen LogP contribution < -0.4 is 9.64 Å². The highest BCUT2D eigenvalue weighted by Crippen LogP contribution is 2.64. The Balaban J connectivity index is 1.38. The number of imide groups is 1. The van der Waals surface area contributed by atoms with Gasteiger partial charge in [-0.05, 0) is 77.9 Å².